The summed E-state index contributed by atoms with van der Waals surface area (Å²) in [6.45, 7) is 0.937. The smallest absolute Gasteiger partial charge is 0.261 e. The SMILES string of the molecule is [N-]=[N+]=NCC1(CCN2C(=O)c3ccccc3C2=O)OCCO1. The molecule has 8 heteroatoms. The van der Waals surface area contributed by atoms with Gasteiger partial charge in [0.15, 0.2) is 5.79 Å². The molecule has 0 aliphatic carbocycles. The molecule has 0 unspecified atom stereocenters. The second-order valence-electron chi connectivity index (χ2n) is 5.05. The Balaban J connectivity index is 1.73. The molecule has 1 fully saturated rings. The fourth-order valence-electron chi connectivity index (χ4n) is 2.68. The van der Waals surface area contributed by atoms with Crippen LogP contribution >= 0.6 is 0 Å². The van der Waals surface area contributed by atoms with E-state index in [1.165, 1.54) is 4.90 Å². The van der Waals surface area contributed by atoms with E-state index in [4.69, 9.17) is 15.0 Å². The zero-order valence-electron chi connectivity index (χ0n) is 11.8. The molecular weight excluding hydrogens is 288 g/mol. The summed E-state index contributed by atoms with van der Waals surface area (Å²) >= 11 is 0. The van der Waals surface area contributed by atoms with Gasteiger partial charge in [0.25, 0.3) is 11.8 Å². The number of rotatable bonds is 5. The normalized spacial score (nSPS) is 19.2. The molecule has 1 aromatic carbocycles. The molecule has 0 N–H and O–H groups in total. The van der Waals surface area contributed by atoms with Gasteiger partial charge in [-0.05, 0) is 17.7 Å². The Labute approximate surface area is 126 Å². The summed E-state index contributed by atoms with van der Waals surface area (Å²) < 4.78 is 11.0. The van der Waals surface area contributed by atoms with Gasteiger partial charge >= 0.3 is 0 Å². The van der Waals surface area contributed by atoms with E-state index in [0.29, 0.717) is 24.3 Å². The van der Waals surface area contributed by atoms with Crippen molar-refractivity contribution in [3.63, 3.8) is 0 Å². The number of carbonyl (C=O) groups is 2. The Morgan fingerprint density at radius 1 is 1.18 bits per heavy atom. The highest BCUT2D eigenvalue weighted by Gasteiger charge is 2.40. The molecule has 1 saturated heterocycles. The average molecular weight is 302 g/mol. The zero-order chi connectivity index (χ0) is 15.6. The summed E-state index contributed by atoms with van der Waals surface area (Å²) in [4.78, 5) is 28.4. The molecule has 8 nitrogen and oxygen atoms in total. The molecule has 1 aromatic rings. The highest BCUT2D eigenvalue weighted by Crippen LogP contribution is 2.28. The van der Waals surface area contributed by atoms with Gasteiger partial charge in [-0.1, -0.05) is 17.2 Å². The minimum atomic E-state index is -1.05. The van der Waals surface area contributed by atoms with Crippen LogP contribution in [0.4, 0.5) is 0 Å². The highest BCUT2D eigenvalue weighted by atomic mass is 16.7. The van der Waals surface area contributed by atoms with Gasteiger partial charge in [0.1, 0.15) is 0 Å². The van der Waals surface area contributed by atoms with E-state index < -0.39 is 5.79 Å². The van der Waals surface area contributed by atoms with Crippen molar-refractivity contribution in [2.24, 2.45) is 5.11 Å². The number of fused-ring (bicyclic) bond motifs is 1. The zero-order valence-corrected chi connectivity index (χ0v) is 11.8. The molecule has 3 rings (SSSR count). The minimum absolute atomic E-state index is 0.00662. The van der Waals surface area contributed by atoms with E-state index in [9.17, 15) is 9.59 Å². The third kappa shape index (κ3) is 2.43. The lowest BCUT2D eigenvalue weighted by Crippen LogP contribution is -2.40. The summed E-state index contributed by atoms with van der Waals surface area (Å²) in [6, 6.07) is 6.71. The monoisotopic (exact) mass is 302 g/mol. The molecule has 0 atom stereocenters. The van der Waals surface area contributed by atoms with Crippen molar-refractivity contribution in [2.75, 3.05) is 26.3 Å². The van der Waals surface area contributed by atoms with Crippen molar-refractivity contribution in [3.05, 3.63) is 45.8 Å². The first-order chi connectivity index (χ1) is 10.7. The number of nitrogens with zero attached hydrogens (tertiary/aromatic N) is 4. The second kappa shape index (κ2) is 5.76. The summed E-state index contributed by atoms with van der Waals surface area (Å²) in [5.74, 6) is -1.70. The summed E-state index contributed by atoms with van der Waals surface area (Å²) in [5, 5.41) is 3.49. The van der Waals surface area contributed by atoms with Crippen molar-refractivity contribution in [1.82, 2.24) is 4.90 Å². The van der Waals surface area contributed by atoms with Crippen LogP contribution in [0.3, 0.4) is 0 Å². The molecule has 0 radical (unpaired) electrons. The van der Waals surface area contributed by atoms with Crippen LogP contribution < -0.4 is 0 Å². The maximum Gasteiger partial charge on any atom is 0.261 e. The lowest BCUT2D eigenvalue weighted by molar-refractivity contribution is -0.154. The average Bonchev–Trinajstić information content (AvgIpc) is 3.10. The van der Waals surface area contributed by atoms with Gasteiger partial charge < -0.3 is 9.47 Å². The fourth-order valence-corrected chi connectivity index (χ4v) is 2.68. The standard InChI is InChI=1S/C14H14N4O4/c15-17-16-9-14(21-7-8-22-14)5-6-18-12(19)10-3-1-2-4-11(10)13(18)20/h1-4H,5-9H2. The maximum atomic E-state index is 12.3. The molecule has 0 aromatic heterocycles. The lowest BCUT2D eigenvalue weighted by atomic mass is 10.1. The number of benzene rings is 1. The minimum Gasteiger partial charge on any atom is -0.347 e. The molecule has 2 aliphatic heterocycles. The van der Waals surface area contributed by atoms with Crippen LogP contribution in [0.1, 0.15) is 27.1 Å². The van der Waals surface area contributed by atoms with Gasteiger partial charge in [-0.3, -0.25) is 14.5 Å². The first-order valence-corrected chi connectivity index (χ1v) is 6.91. The van der Waals surface area contributed by atoms with Gasteiger partial charge in [-0.25, -0.2) is 0 Å². The van der Waals surface area contributed by atoms with Gasteiger partial charge in [-0.2, -0.15) is 0 Å². The van der Waals surface area contributed by atoms with E-state index in [-0.39, 0.29) is 31.3 Å². The molecule has 0 saturated carbocycles. The van der Waals surface area contributed by atoms with Crippen molar-refractivity contribution in [3.8, 4) is 0 Å². The van der Waals surface area contributed by atoms with Crippen LogP contribution in [0.2, 0.25) is 0 Å². The largest absolute Gasteiger partial charge is 0.347 e. The summed E-state index contributed by atoms with van der Waals surface area (Å²) in [6.07, 6.45) is 0.261. The van der Waals surface area contributed by atoms with Gasteiger partial charge in [0.2, 0.25) is 0 Å². The number of hydrogen-bond donors (Lipinski definition) is 0. The third-order valence-electron chi connectivity index (χ3n) is 3.78. The van der Waals surface area contributed by atoms with E-state index in [2.05, 4.69) is 10.0 Å². The molecule has 2 amide bonds. The van der Waals surface area contributed by atoms with E-state index in [1.54, 1.807) is 24.3 Å². The Bertz CT molecular complexity index is 628. The van der Waals surface area contributed by atoms with Crippen LogP contribution in [-0.2, 0) is 9.47 Å². The van der Waals surface area contributed by atoms with E-state index >= 15 is 0 Å². The predicted octanol–water partition coefficient (Wildman–Crippen LogP) is 1.73. The third-order valence-corrected chi connectivity index (χ3v) is 3.78. The summed E-state index contributed by atoms with van der Waals surface area (Å²) in [5.41, 5.74) is 9.27. The molecule has 0 spiro atoms. The maximum absolute atomic E-state index is 12.3. The molecule has 0 bridgehead atoms. The van der Waals surface area contributed by atoms with Gasteiger partial charge in [0.05, 0.1) is 30.9 Å². The quantitative estimate of drug-likeness (QED) is 0.357. The Kier molecular flexibility index (Phi) is 3.81. The number of ether oxygens (including phenoxy) is 2. The molecule has 2 aliphatic rings. The summed E-state index contributed by atoms with van der Waals surface area (Å²) in [7, 11) is 0. The molecule has 2 heterocycles. The molecule has 114 valence electrons. The van der Waals surface area contributed by atoms with Gasteiger partial charge in [0, 0.05) is 17.9 Å². The van der Waals surface area contributed by atoms with Crippen molar-refractivity contribution in [2.45, 2.75) is 12.2 Å². The Hall–Kier alpha value is -2.41. The lowest BCUT2D eigenvalue weighted by Gasteiger charge is -2.27. The number of azide groups is 1. The highest BCUT2D eigenvalue weighted by molar-refractivity contribution is 6.21. The first kappa shape index (κ1) is 14.5. The van der Waals surface area contributed by atoms with E-state index in [1.807, 2.05) is 0 Å². The van der Waals surface area contributed by atoms with Crippen LogP contribution in [0, 0.1) is 0 Å². The molecule has 22 heavy (non-hydrogen) atoms. The van der Waals surface area contributed by atoms with Crippen molar-refractivity contribution >= 4 is 11.8 Å². The molecular formula is C14H14N4O4. The number of carbonyl (C=O) groups excluding carboxylic acids is 2. The van der Waals surface area contributed by atoms with Crippen molar-refractivity contribution in [1.29, 1.82) is 0 Å². The predicted molar refractivity (Wildman–Crippen MR) is 75.1 cm³/mol. The van der Waals surface area contributed by atoms with Crippen LogP contribution in [0.25, 0.3) is 10.4 Å². The topological polar surface area (TPSA) is 105 Å². The second-order valence-corrected chi connectivity index (χ2v) is 5.05. The van der Waals surface area contributed by atoms with Crippen molar-refractivity contribution < 1.29 is 19.1 Å². The van der Waals surface area contributed by atoms with Crippen LogP contribution in [-0.4, -0.2) is 48.8 Å². The fraction of sp³-hybridized carbons (Fsp3) is 0.429. The number of imide groups is 1. The first-order valence-electron chi connectivity index (χ1n) is 6.91. The van der Waals surface area contributed by atoms with Crippen LogP contribution in [0.15, 0.2) is 29.4 Å². The number of amides is 2. The van der Waals surface area contributed by atoms with Crippen LogP contribution in [0.5, 0.6) is 0 Å². The Morgan fingerprint density at radius 3 is 2.32 bits per heavy atom. The van der Waals surface area contributed by atoms with E-state index in [0.717, 1.165) is 0 Å². The number of hydrogen-bond acceptors (Lipinski definition) is 5. The van der Waals surface area contributed by atoms with Gasteiger partial charge in [-0.15, -0.1) is 0 Å². The Morgan fingerprint density at radius 2 is 1.77 bits per heavy atom.